The SMILES string of the molecule is COc1ccc(S(=O)(=O)N(CCNc2cc(C)nc3ccc(Cl)cc23)CCC(=O)Nc2ccc([N+](=O)[O-])cc2OCC2CC2)cc1. The maximum Gasteiger partial charge on any atom is 0.273 e. The van der Waals surface area contributed by atoms with Gasteiger partial charge in [-0.2, -0.15) is 4.31 Å². The molecule has 46 heavy (non-hydrogen) atoms. The molecule has 0 spiro atoms. The van der Waals surface area contributed by atoms with Crippen LogP contribution in [0, 0.1) is 23.0 Å². The highest BCUT2D eigenvalue weighted by atomic mass is 35.5. The lowest BCUT2D eigenvalue weighted by Gasteiger charge is -2.23. The van der Waals surface area contributed by atoms with Crippen LogP contribution >= 0.6 is 11.6 Å². The maximum atomic E-state index is 13.8. The number of carbonyl (C=O) groups excluding carboxylic acids is 1. The number of nitrogens with one attached hydrogen (secondary N) is 2. The molecule has 0 unspecified atom stereocenters. The van der Waals surface area contributed by atoms with Crippen LogP contribution in [-0.2, 0) is 14.8 Å². The standard InChI is InChI=1S/C32H34ClN5O7S/c1-21-17-30(27-18-23(33)5-11-28(27)35-21)34-14-16-37(46(42,43)26-9-7-25(44-2)8-10-26)15-13-32(39)36-29-12-6-24(38(40)41)19-31(29)45-20-22-3-4-22/h5-12,17-19,22H,3-4,13-16,20H2,1-2H3,(H,34,35)(H,36,39). The number of methoxy groups -OCH3 is 1. The van der Waals surface area contributed by atoms with Gasteiger partial charge in [0.2, 0.25) is 15.9 Å². The molecule has 1 aliphatic carbocycles. The topological polar surface area (TPSA) is 153 Å². The maximum absolute atomic E-state index is 13.8. The first-order valence-electron chi connectivity index (χ1n) is 14.7. The summed E-state index contributed by atoms with van der Waals surface area (Å²) in [6, 6.07) is 17.2. The Balaban J connectivity index is 1.32. The van der Waals surface area contributed by atoms with Gasteiger partial charge in [-0.25, -0.2) is 8.42 Å². The lowest BCUT2D eigenvalue weighted by atomic mass is 10.1. The Kier molecular flexibility index (Phi) is 10.2. The van der Waals surface area contributed by atoms with Crippen LogP contribution in [-0.4, -0.2) is 61.9 Å². The van der Waals surface area contributed by atoms with E-state index in [2.05, 4.69) is 15.6 Å². The van der Waals surface area contributed by atoms with Crippen LogP contribution in [0.4, 0.5) is 17.1 Å². The molecule has 4 aromatic rings. The second-order valence-electron chi connectivity index (χ2n) is 11.0. The fourth-order valence-corrected chi connectivity index (χ4v) is 6.43. The smallest absolute Gasteiger partial charge is 0.273 e. The Bertz CT molecular complexity index is 1850. The lowest BCUT2D eigenvalue weighted by molar-refractivity contribution is -0.384. The Hall–Kier alpha value is -4.46. The molecule has 0 aliphatic heterocycles. The van der Waals surface area contributed by atoms with Crippen molar-refractivity contribution in [3.05, 3.63) is 87.6 Å². The van der Waals surface area contributed by atoms with E-state index in [0.717, 1.165) is 35.1 Å². The van der Waals surface area contributed by atoms with Gasteiger partial charge in [-0.3, -0.25) is 19.9 Å². The molecule has 0 saturated heterocycles. The third-order valence-corrected chi connectivity index (χ3v) is 9.63. The normalized spacial score (nSPS) is 13.0. The number of halogens is 1. The van der Waals surface area contributed by atoms with Gasteiger partial charge in [0.15, 0.2) is 0 Å². The third-order valence-electron chi connectivity index (χ3n) is 7.48. The van der Waals surface area contributed by atoms with Crippen LogP contribution in [0.5, 0.6) is 11.5 Å². The summed E-state index contributed by atoms with van der Waals surface area (Å²) < 4.78 is 39.8. The summed E-state index contributed by atoms with van der Waals surface area (Å²) in [6.45, 7) is 2.39. The number of benzene rings is 3. The van der Waals surface area contributed by atoms with E-state index in [-0.39, 0.29) is 48.1 Å². The van der Waals surface area contributed by atoms with E-state index in [1.54, 1.807) is 24.3 Å². The summed E-state index contributed by atoms with van der Waals surface area (Å²) in [7, 11) is -2.53. The Morgan fingerprint density at radius 3 is 2.52 bits per heavy atom. The summed E-state index contributed by atoms with van der Waals surface area (Å²) in [4.78, 5) is 28.5. The quantitative estimate of drug-likeness (QED) is 0.114. The van der Waals surface area contributed by atoms with Crippen LogP contribution in [0.1, 0.15) is 25.0 Å². The van der Waals surface area contributed by atoms with E-state index in [1.807, 2.05) is 19.1 Å². The number of aryl methyl sites for hydroxylation is 1. The predicted molar refractivity (Wildman–Crippen MR) is 176 cm³/mol. The molecule has 1 aliphatic rings. The molecule has 1 aromatic heterocycles. The number of fused-ring (bicyclic) bond motifs is 1. The zero-order valence-electron chi connectivity index (χ0n) is 25.4. The van der Waals surface area contributed by atoms with E-state index >= 15 is 0 Å². The van der Waals surface area contributed by atoms with Gasteiger partial charge in [0.1, 0.15) is 11.5 Å². The number of hydrogen-bond donors (Lipinski definition) is 2. The Morgan fingerprint density at radius 2 is 1.83 bits per heavy atom. The number of anilines is 2. The third kappa shape index (κ3) is 8.22. The van der Waals surface area contributed by atoms with Gasteiger partial charge >= 0.3 is 0 Å². The van der Waals surface area contributed by atoms with Crippen molar-refractivity contribution in [1.82, 2.24) is 9.29 Å². The van der Waals surface area contributed by atoms with E-state index in [1.165, 1.54) is 41.7 Å². The zero-order valence-corrected chi connectivity index (χ0v) is 26.9. The molecular formula is C32H34ClN5O7S. The number of aromatic nitrogens is 1. The number of nitrogens with zero attached hydrogens (tertiary/aromatic N) is 3. The van der Waals surface area contributed by atoms with Crippen LogP contribution < -0.4 is 20.1 Å². The highest BCUT2D eigenvalue weighted by Gasteiger charge is 2.26. The number of nitro groups is 1. The first-order chi connectivity index (χ1) is 22.0. The van der Waals surface area contributed by atoms with Crippen molar-refractivity contribution in [3.8, 4) is 11.5 Å². The fraction of sp³-hybridized carbons (Fsp3) is 0.312. The van der Waals surface area contributed by atoms with Crippen LogP contribution in [0.3, 0.4) is 0 Å². The van der Waals surface area contributed by atoms with Gasteiger partial charge in [0.25, 0.3) is 5.69 Å². The van der Waals surface area contributed by atoms with Crippen molar-refractivity contribution in [2.45, 2.75) is 31.1 Å². The van der Waals surface area contributed by atoms with Gasteiger partial charge in [-0.05, 0) is 80.3 Å². The zero-order chi connectivity index (χ0) is 32.8. The fourth-order valence-electron chi connectivity index (χ4n) is 4.82. The minimum atomic E-state index is -4.02. The summed E-state index contributed by atoms with van der Waals surface area (Å²) >= 11 is 6.23. The van der Waals surface area contributed by atoms with Crippen LogP contribution in [0.15, 0.2) is 71.6 Å². The number of hydrogen-bond acceptors (Lipinski definition) is 9. The van der Waals surface area contributed by atoms with Crippen molar-refractivity contribution in [3.63, 3.8) is 0 Å². The Morgan fingerprint density at radius 1 is 1.07 bits per heavy atom. The molecule has 242 valence electrons. The molecule has 1 saturated carbocycles. The van der Waals surface area contributed by atoms with Crippen molar-refractivity contribution < 1.29 is 27.6 Å². The van der Waals surface area contributed by atoms with Gasteiger partial charge < -0.3 is 20.1 Å². The molecular weight excluding hydrogens is 634 g/mol. The van der Waals surface area contributed by atoms with Crippen LogP contribution in [0.2, 0.25) is 5.02 Å². The lowest BCUT2D eigenvalue weighted by Crippen LogP contribution is -2.37. The average Bonchev–Trinajstić information content (AvgIpc) is 3.87. The molecule has 1 amide bonds. The van der Waals surface area contributed by atoms with Gasteiger partial charge in [-0.15, -0.1) is 0 Å². The van der Waals surface area contributed by atoms with E-state index in [9.17, 15) is 23.3 Å². The summed E-state index contributed by atoms with van der Waals surface area (Å²) in [5, 5.41) is 18.7. The van der Waals surface area contributed by atoms with Crippen LogP contribution in [0.25, 0.3) is 10.9 Å². The summed E-state index contributed by atoms with van der Waals surface area (Å²) in [5.41, 5.74) is 2.40. The van der Waals surface area contributed by atoms with E-state index < -0.39 is 20.9 Å². The molecule has 2 N–H and O–H groups in total. The summed E-state index contributed by atoms with van der Waals surface area (Å²) in [6.07, 6.45) is 1.87. The molecule has 0 radical (unpaired) electrons. The first-order valence-corrected chi connectivity index (χ1v) is 16.5. The molecule has 12 nitrogen and oxygen atoms in total. The first kappa shape index (κ1) is 32.9. The number of ether oxygens (including phenoxy) is 2. The number of sulfonamides is 1. The number of non-ortho nitro benzene ring substituents is 1. The predicted octanol–water partition coefficient (Wildman–Crippen LogP) is 6.03. The number of pyridine rings is 1. The summed E-state index contributed by atoms with van der Waals surface area (Å²) in [5.74, 6) is 0.617. The minimum Gasteiger partial charge on any atom is -0.497 e. The number of amides is 1. The van der Waals surface area contributed by atoms with Crippen molar-refractivity contribution in [2.24, 2.45) is 5.92 Å². The minimum absolute atomic E-state index is 0.0400. The molecule has 0 bridgehead atoms. The number of rotatable bonds is 15. The number of carbonyl (C=O) groups is 1. The molecule has 0 atom stereocenters. The Labute approximate surface area is 271 Å². The second kappa shape index (κ2) is 14.3. The number of nitro benzene ring substituents is 1. The molecule has 1 fully saturated rings. The molecule has 14 heteroatoms. The molecule has 3 aromatic carbocycles. The highest BCUT2D eigenvalue weighted by Crippen LogP contribution is 2.34. The van der Waals surface area contributed by atoms with Crippen molar-refractivity contribution in [2.75, 3.05) is 44.0 Å². The highest BCUT2D eigenvalue weighted by molar-refractivity contribution is 7.89. The average molecular weight is 668 g/mol. The second-order valence-corrected chi connectivity index (χ2v) is 13.3. The van der Waals surface area contributed by atoms with Crippen molar-refractivity contribution >= 4 is 55.5 Å². The van der Waals surface area contributed by atoms with E-state index in [4.69, 9.17) is 21.1 Å². The molecule has 1 heterocycles. The van der Waals surface area contributed by atoms with Gasteiger partial charge in [0.05, 0.1) is 40.8 Å². The van der Waals surface area contributed by atoms with Crippen molar-refractivity contribution in [1.29, 1.82) is 0 Å². The van der Waals surface area contributed by atoms with Gasteiger partial charge in [0, 0.05) is 53.9 Å². The largest absolute Gasteiger partial charge is 0.497 e. The molecule has 5 rings (SSSR count). The van der Waals surface area contributed by atoms with Gasteiger partial charge in [-0.1, -0.05) is 11.6 Å². The van der Waals surface area contributed by atoms with E-state index in [0.29, 0.717) is 23.3 Å². The monoisotopic (exact) mass is 667 g/mol.